The van der Waals surface area contributed by atoms with Crippen LogP contribution in [0.4, 0.5) is 0 Å². The highest BCUT2D eigenvalue weighted by molar-refractivity contribution is 7.47. The number of hydrogen-bond donors (Lipinski definition) is 3. The van der Waals surface area contributed by atoms with Crippen LogP contribution >= 0.6 is 7.82 Å². The van der Waals surface area contributed by atoms with E-state index in [9.17, 15) is 24.2 Å². The lowest BCUT2D eigenvalue weighted by Crippen LogP contribution is -2.27. The molecule has 0 aromatic carbocycles. The van der Waals surface area contributed by atoms with Crippen LogP contribution in [-0.4, -0.2) is 54.3 Å². The molecule has 10 heteroatoms. The second-order valence-corrected chi connectivity index (χ2v) is 18.9. The number of carbonyl (C=O) groups excluding carboxylic acids is 2. The third-order valence-corrected chi connectivity index (χ3v) is 12.3. The molecule has 62 heavy (non-hydrogen) atoms. The predicted octanol–water partition coefficient (Wildman–Crippen LogP) is 15.3. The fraction of sp³-hybridized carbons (Fsp3) is 0.846. The Hall–Kier alpha value is -1.77. The van der Waals surface area contributed by atoms with Crippen LogP contribution in [0.5, 0.6) is 0 Å². The Morgan fingerprint density at radius 1 is 0.500 bits per heavy atom. The number of aliphatic hydroxyl groups excluding tert-OH is 1. The second kappa shape index (κ2) is 48.7. The number of esters is 1. The number of phosphoric ester groups is 1. The minimum Gasteiger partial charge on any atom is -0.463 e. The van der Waals surface area contributed by atoms with Gasteiger partial charge in [0, 0.05) is 19.4 Å². The largest absolute Gasteiger partial charge is 0.472 e. The van der Waals surface area contributed by atoms with Crippen molar-refractivity contribution in [3.05, 3.63) is 36.5 Å². The predicted molar refractivity (Wildman–Crippen MR) is 261 cm³/mol. The van der Waals surface area contributed by atoms with Crippen molar-refractivity contribution in [3.63, 3.8) is 0 Å². The van der Waals surface area contributed by atoms with E-state index in [1.807, 2.05) is 0 Å². The summed E-state index contributed by atoms with van der Waals surface area (Å²) in [5, 5.41) is 12.8. The van der Waals surface area contributed by atoms with E-state index in [0.29, 0.717) is 6.42 Å². The van der Waals surface area contributed by atoms with Gasteiger partial charge in [0.05, 0.1) is 13.2 Å². The van der Waals surface area contributed by atoms with E-state index in [1.54, 1.807) is 0 Å². The fourth-order valence-corrected chi connectivity index (χ4v) is 8.11. The third-order valence-electron chi connectivity index (χ3n) is 11.3. The summed E-state index contributed by atoms with van der Waals surface area (Å²) in [6.07, 6.45) is 56.5. The Morgan fingerprint density at radius 3 is 1.34 bits per heavy atom. The Balaban J connectivity index is 3.54. The average Bonchev–Trinajstić information content (AvgIpc) is 3.26. The van der Waals surface area contributed by atoms with Crippen molar-refractivity contribution in [2.75, 3.05) is 26.4 Å². The first-order valence-electron chi connectivity index (χ1n) is 26.0. The minimum atomic E-state index is -4.42. The lowest BCUT2D eigenvalue weighted by Gasteiger charge is -2.15. The summed E-state index contributed by atoms with van der Waals surface area (Å²) in [5.41, 5.74) is 0. The highest BCUT2D eigenvalue weighted by Crippen LogP contribution is 2.42. The van der Waals surface area contributed by atoms with Gasteiger partial charge in [-0.15, -0.1) is 0 Å². The first kappa shape index (κ1) is 60.2. The van der Waals surface area contributed by atoms with E-state index in [1.165, 1.54) is 180 Å². The molecule has 0 aliphatic rings. The topological polar surface area (TPSA) is 131 Å². The van der Waals surface area contributed by atoms with E-state index in [0.717, 1.165) is 44.9 Å². The highest BCUT2D eigenvalue weighted by atomic mass is 31.2. The molecule has 1 amide bonds. The van der Waals surface area contributed by atoms with Crippen LogP contribution in [-0.2, 0) is 27.9 Å². The molecule has 0 rings (SSSR count). The third kappa shape index (κ3) is 49.2. The van der Waals surface area contributed by atoms with Gasteiger partial charge in [-0.2, -0.15) is 0 Å². The maximum absolute atomic E-state index is 12.1. The molecular weight excluding hydrogens is 798 g/mol. The average molecular weight is 896 g/mol. The van der Waals surface area contributed by atoms with E-state index >= 15 is 0 Å². The zero-order valence-electron chi connectivity index (χ0n) is 40.3. The van der Waals surface area contributed by atoms with Gasteiger partial charge in [0.15, 0.2) is 0 Å². The van der Waals surface area contributed by atoms with Crippen molar-refractivity contribution in [3.8, 4) is 0 Å². The first-order valence-corrected chi connectivity index (χ1v) is 27.5. The van der Waals surface area contributed by atoms with Gasteiger partial charge in [-0.3, -0.25) is 18.6 Å². The van der Waals surface area contributed by atoms with E-state index in [2.05, 4.69) is 55.6 Å². The summed E-state index contributed by atoms with van der Waals surface area (Å²) in [6, 6.07) is 0. The number of hydrogen-bond acceptors (Lipinski definition) is 7. The Kier molecular flexibility index (Phi) is 47.3. The second-order valence-electron chi connectivity index (χ2n) is 17.5. The fourth-order valence-electron chi connectivity index (χ4n) is 7.35. The number of rotatable bonds is 49. The molecule has 364 valence electrons. The van der Waals surface area contributed by atoms with Crippen LogP contribution in [0.15, 0.2) is 36.5 Å². The SMILES string of the molecule is CCCCC/C=C\C/C=C\CCCCCCCCCCCCCCCC(=O)NCCOP(=O)(O)OCC(O)COC(=O)CCCCCCCCC/C=C\CCCCCCCCC. The van der Waals surface area contributed by atoms with Crippen molar-refractivity contribution >= 4 is 19.7 Å². The molecule has 0 saturated heterocycles. The first-order chi connectivity index (χ1) is 30.3. The molecule has 0 aromatic heterocycles. The van der Waals surface area contributed by atoms with Gasteiger partial charge in [-0.1, -0.05) is 204 Å². The monoisotopic (exact) mass is 896 g/mol. The number of nitrogens with one attached hydrogen (secondary N) is 1. The molecule has 3 N–H and O–H groups in total. The van der Waals surface area contributed by atoms with Gasteiger partial charge in [0.2, 0.25) is 5.91 Å². The molecular formula is C52H98NO8P. The van der Waals surface area contributed by atoms with Crippen LogP contribution in [0.1, 0.15) is 251 Å². The number of allylic oxidation sites excluding steroid dienone is 6. The molecule has 0 radical (unpaired) electrons. The van der Waals surface area contributed by atoms with Gasteiger partial charge < -0.3 is 20.1 Å². The Bertz CT molecular complexity index is 1110. The molecule has 0 aliphatic carbocycles. The smallest absolute Gasteiger partial charge is 0.463 e. The zero-order valence-corrected chi connectivity index (χ0v) is 41.2. The molecule has 0 bridgehead atoms. The number of ether oxygens (including phenoxy) is 1. The number of phosphoric acid groups is 1. The van der Waals surface area contributed by atoms with Crippen LogP contribution < -0.4 is 5.32 Å². The van der Waals surface area contributed by atoms with Crippen molar-refractivity contribution < 1.29 is 37.9 Å². The molecule has 0 aromatic rings. The molecule has 2 unspecified atom stereocenters. The maximum atomic E-state index is 12.1. The number of aliphatic hydroxyl groups is 1. The number of carbonyl (C=O) groups is 2. The maximum Gasteiger partial charge on any atom is 0.472 e. The summed E-state index contributed by atoms with van der Waals surface area (Å²) in [4.78, 5) is 34.1. The summed E-state index contributed by atoms with van der Waals surface area (Å²) in [7, 11) is -4.42. The van der Waals surface area contributed by atoms with Gasteiger partial charge in [-0.25, -0.2) is 4.57 Å². The standard InChI is InChI=1S/C52H98NO8P/c1-3-5-7-9-11-13-15-17-19-21-23-24-25-26-27-28-30-32-34-36-38-40-42-44-51(55)53-46-47-60-62(57,58)61-49-50(54)48-59-52(56)45-43-41-39-37-35-33-31-29-22-20-18-16-14-12-10-8-6-4-2/h11,13,17,19-20,22,50,54H,3-10,12,14-16,18,21,23-49H2,1-2H3,(H,53,55)(H,57,58)/b13-11-,19-17-,22-20-. The molecule has 0 saturated carbocycles. The van der Waals surface area contributed by atoms with Crippen LogP contribution in [0.3, 0.4) is 0 Å². The van der Waals surface area contributed by atoms with Crippen LogP contribution in [0.2, 0.25) is 0 Å². The lowest BCUT2D eigenvalue weighted by atomic mass is 10.0. The minimum absolute atomic E-state index is 0.0820. The highest BCUT2D eigenvalue weighted by Gasteiger charge is 2.23. The summed E-state index contributed by atoms with van der Waals surface area (Å²) in [5.74, 6) is -0.514. The van der Waals surface area contributed by atoms with Gasteiger partial charge in [-0.05, 0) is 70.6 Å². The number of amides is 1. The lowest BCUT2D eigenvalue weighted by molar-refractivity contribution is -0.147. The molecule has 0 fully saturated rings. The van der Waals surface area contributed by atoms with Crippen molar-refractivity contribution in [2.45, 2.75) is 258 Å². The molecule has 9 nitrogen and oxygen atoms in total. The van der Waals surface area contributed by atoms with E-state index in [4.69, 9.17) is 13.8 Å². The van der Waals surface area contributed by atoms with E-state index in [-0.39, 0.29) is 32.1 Å². The molecule has 2 atom stereocenters. The van der Waals surface area contributed by atoms with Crippen LogP contribution in [0, 0.1) is 0 Å². The van der Waals surface area contributed by atoms with Crippen LogP contribution in [0.25, 0.3) is 0 Å². The zero-order chi connectivity index (χ0) is 45.3. The van der Waals surface area contributed by atoms with Gasteiger partial charge in [0.25, 0.3) is 0 Å². The van der Waals surface area contributed by atoms with E-state index < -0.39 is 26.5 Å². The Morgan fingerprint density at radius 2 is 0.871 bits per heavy atom. The quantitative estimate of drug-likeness (QED) is 0.0238. The summed E-state index contributed by atoms with van der Waals surface area (Å²) < 4.78 is 27.0. The summed E-state index contributed by atoms with van der Waals surface area (Å²) in [6.45, 7) is 3.56. The number of unbranched alkanes of at least 4 members (excludes halogenated alkanes) is 30. The molecule has 0 aliphatic heterocycles. The molecule has 0 spiro atoms. The van der Waals surface area contributed by atoms with Gasteiger partial charge >= 0.3 is 13.8 Å². The van der Waals surface area contributed by atoms with Crippen molar-refractivity contribution in [2.24, 2.45) is 0 Å². The van der Waals surface area contributed by atoms with Gasteiger partial charge in [0.1, 0.15) is 12.7 Å². The van der Waals surface area contributed by atoms with Crippen molar-refractivity contribution in [1.29, 1.82) is 0 Å². The summed E-state index contributed by atoms with van der Waals surface area (Å²) >= 11 is 0. The Labute approximate surface area is 382 Å². The van der Waals surface area contributed by atoms with Crippen molar-refractivity contribution in [1.82, 2.24) is 5.32 Å². The normalized spacial score (nSPS) is 13.4. The molecule has 0 heterocycles.